The molecule has 3 aromatic rings. The Morgan fingerprint density at radius 2 is 1.69 bits per heavy atom. The molecule has 0 amide bonds. The van der Waals surface area contributed by atoms with Crippen molar-refractivity contribution in [2.24, 2.45) is 0 Å². The van der Waals surface area contributed by atoms with E-state index in [-0.39, 0.29) is 17.3 Å². The lowest BCUT2D eigenvalue weighted by Gasteiger charge is -2.08. The predicted molar refractivity (Wildman–Crippen MR) is 99.9 cm³/mol. The summed E-state index contributed by atoms with van der Waals surface area (Å²) in [7, 11) is -1.94. The quantitative estimate of drug-likeness (QED) is 0.667. The Hall–Kier alpha value is -2.48. The van der Waals surface area contributed by atoms with Crippen LogP contribution < -0.4 is 10.0 Å². The number of nitrogens with zero attached hydrogens (tertiary/aromatic N) is 1. The summed E-state index contributed by atoms with van der Waals surface area (Å²) in [6.45, 7) is 2.54. The molecule has 3 rings (SSSR count). The van der Waals surface area contributed by atoms with Crippen LogP contribution in [0, 0.1) is 6.92 Å². The fraction of sp³-hybridized carbons (Fsp3) is 0.211. The number of nitrogens with one attached hydrogen (secondary N) is 2. The second-order valence-corrected chi connectivity index (χ2v) is 7.59. The van der Waals surface area contributed by atoms with Gasteiger partial charge in [0.05, 0.1) is 0 Å². The molecule has 2 aromatic carbocycles. The maximum atomic E-state index is 12.8. The Balaban J connectivity index is 1.84. The average Bonchev–Trinajstić information content (AvgIpc) is 3.04. The van der Waals surface area contributed by atoms with Gasteiger partial charge >= 0.3 is 0 Å². The zero-order chi connectivity index (χ0) is 18.6. The highest BCUT2D eigenvalue weighted by Gasteiger charge is 2.25. The fourth-order valence-electron chi connectivity index (χ4n) is 2.66. The summed E-state index contributed by atoms with van der Waals surface area (Å²) in [6, 6.07) is 16.8. The summed E-state index contributed by atoms with van der Waals surface area (Å²) in [5.74, 6) is 0.555. The van der Waals surface area contributed by atoms with E-state index in [1.165, 1.54) is 0 Å². The smallest absolute Gasteiger partial charge is 0.262 e. The summed E-state index contributed by atoms with van der Waals surface area (Å²) in [6.07, 6.45) is 0. The lowest BCUT2D eigenvalue weighted by Crippen LogP contribution is -2.24. The molecule has 0 atom stereocenters. The number of sulfonamides is 1. The van der Waals surface area contributed by atoms with Gasteiger partial charge in [-0.2, -0.15) is 0 Å². The molecule has 6 nitrogen and oxygen atoms in total. The lowest BCUT2D eigenvalue weighted by molar-refractivity contribution is 0.532. The van der Waals surface area contributed by atoms with Crippen LogP contribution in [-0.4, -0.2) is 20.4 Å². The summed E-state index contributed by atoms with van der Waals surface area (Å²) >= 11 is 0. The first kappa shape index (κ1) is 18.3. The largest absolute Gasteiger partial charge is 0.440 e. The molecule has 1 aromatic heterocycles. The van der Waals surface area contributed by atoms with Crippen molar-refractivity contribution in [2.45, 2.75) is 25.0 Å². The Morgan fingerprint density at radius 3 is 2.38 bits per heavy atom. The highest BCUT2D eigenvalue weighted by atomic mass is 32.2. The fourth-order valence-corrected chi connectivity index (χ4v) is 3.81. The van der Waals surface area contributed by atoms with E-state index in [1.54, 1.807) is 19.1 Å². The van der Waals surface area contributed by atoms with Gasteiger partial charge < -0.3 is 9.73 Å². The van der Waals surface area contributed by atoms with Gasteiger partial charge in [-0.1, -0.05) is 54.6 Å². The first-order valence-electron chi connectivity index (χ1n) is 8.24. The van der Waals surface area contributed by atoms with Gasteiger partial charge in [0.25, 0.3) is 10.0 Å². The molecule has 0 spiro atoms. The summed E-state index contributed by atoms with van der Waals surface area (Å²) in [5.41, 5.74) is 2.64. The minimum Gasteiger partial charge on any atom is -0.440 e. The van der Waals surface area contributed by atoms with Crippen molar-refractivity contribution < 1.29 is 12.8 Å². The summed E-state index contributed by atoms with van der Waals surface area (Å²) in [4.78, 5) is 4.09. The van der Waals surface area contributed by atoms with Crippen molar-refractivity contribution in [3.8, 4) is 11.3 Å². The van der Waals surface area contributed by atoms with Crippen molar-refractivity contribution in [2.75, 3.05) is 7.05 Å². The maximum absolute atomic E-state index is 12.8. The van der Waals surface area contributed by atoms with E-state index >= 15 is 0 Å². The number of hydrogen-bond donors (Lipinski definition) is 2. The Morgan fingerprint density at radius 1 is 1.00 bits per heavy atom. The molecular formula is C19H21N3O3S. The average molecular weight is 371 g/mol. The van der Waals surface area contributed by atoms with Crippen LogP contribution in [-0.2, 0) is 23.1 Å². The van der Waals surface area contributed by atoms with Crippen LogP contribution in [0.15, 0.2) is 64.0 Å². The molecule has 0 bridgehead atoms. The van der Waals surface area contributed by atoms with Gasteiger partial charge in [-0.25, -0.2) is 18.1 Å². The van der Waals surface area contributed by atoms with E-state index in [2.05, 4.69) is 15.0 Å². The van der Waals surface area contributed by atoms with Crippen LogP contribution in [0.1, 0.15) is 17.0 Å². The Bertz CT molecular complexity index is 982. The maximum Gasteiger partial charge on any atom is 0.262 e. The topological polar surface area (TPSA) is 84.2 Å². The number of aryl methyl sites for hydroxylation is 1. The first-order chi connectivity index (χ1) is 12.5. The van der Waals surface area contributed by atoms with Crippen molar-refractivity contribution in [1.29, 1.82) is 0 Å². The molecule has 7 heteroatoms. The van der Waals surface area contributed by atoms with E-state index < -0.39 is 10.0 Å². The molecule has 0 aliphatic carbocycles. The molecule has 26 heavy (non-hydrogen) atoms. The van der Waals surface area contributed by atoms with Gasteiger partial charge in [0.15, 0.2) is 11.7 Å². The minimum atomic E-state index is -3.81. The SMILES string of the molecule is CNCc1cccc(CNS(=O)(=O)c2nc(C)oc2-c2ccccc2)c1. The molecule has 136 valence electrons. The molecule has 0 fully saturated rings. The van der Waals surface area contributed by atoms with Gasteiger partial charge in [-0.05, 0) is 18.2 Å². The van der Waals surface area contributed by atoms with Crippen molar-refractivity contribution in [3.05, 3.63) is 71.6 Å². The molecule has 2 N–H and O–H groups in total. The molecule has 0 saturated carbocycles. The highest BCUT2D eigenvalue weighted by molar-refractivity contribution is 7.89. The van der Waals surface area contributed by atoms with Crippen LogP contribution in [0.3, 0.4) is 0 Å². The molecule has 0 radical (unpaired) electrons. The number of benzene rings is 2. The van der Waals surface area contributed by atoms with E-state index in [0.717, 1.165) is 17.7 Å². The van der Waals surface area contributed by atoms with Crippen LogP contribution in [0.4, 0.5) is 0 Å². The van der Waals surface area contributed by atoms with E-state index in [0.29, 0.717) is 11.5 Å². The van der Waals surface area contributed by atoms with Crippen molar-refractivity contribution >= 4 is 10.0 Å². The number of oxazole rings is 1. The van der Waals surface area contributed by atoms with E-state index in [9.17, 15) is 8.42 Å². The first-order valence-corrected chi connectivity index (χ1v) is 9.73. The second-order valence-electron chi connectivity index (χ2n) is 5.91. The van der Waals surface area contributed by atoms with E-state index in [4.69, 9.17) is 4.42 Å². The monoisotopic (exact) mass is 371 g/mol. The second kappa shape index (κ2) is 7.82. The lowest BCUT2D eigenvalue weighted by atomic mass is 10.1. The van der Waals surface area contributed by atoms with Crippen molar-refractivity contribution in [1.82, 2.24) is 15.0 Å². The molecule has 0 saturated heterocycles. The van der Waals surface area contributed by atoms with Crippen LogP contribution in [0.2, 0.25) is 0 Å². The van der Waals surface area contributed by atoms with Gasteiger partial charge in [-0.15, -0.1) is 0 Å². The molecule has 1 heterocycles. The molecular weight excluding hydrogens is 350 g/mol. The zero-order valence-corrected chi connectivity index (χ0v) is 15.5. The third kappa shape index (κ3) is 4.19. The Kier molecular flexibility index (Phi) is 5.51. The minimum absolute atomic E-state index is 0.0902. The third-order valence-electron chi connectivity index (χ3n) is 3.83. The Labute approximate surface area is 153 Å². The standard InChI is InChI=1S/C19H21N3O3S/c1-14-22-19(18(25-14)17-9-4-3-5-10-17)26(23,24)21-13-16-8-6-7-15(11-16)12-20-2/h3-11,20-21H,12-13H2,1-2H3. The van der Waals surface area contributed by atoms with E-state index in [1.807, 2.05) is 49.5 Å². The molecule has 0 aliphatic heterocycles. The van der Waals surface area contributed by atoms with Crippen LogP contribution in [0.5, 0.6) is 0 Å². The highest BCUT2D eigenvalue weighted by Crippen LogP contribution is 2.28. The predicted octanol–water partition coefficient (Wildman–Crippen LogP) is 2.85. The molecule has 0 aliphatic rings. The van der Waals surface area contributed by atoms with Gasteiger partial charge in [0, 0.05) is 25.6 Å². The summed E-state index contributed by atoms with van der Waals surface area (Å²) in [5, 5.41) is 2.99. The number of aromatic nitrogens is 1. The summed E-state index contributed by atoms with van der Waals surface area (Å²) < 4.78 is 33.7. The molecule has 0 unspecified atom stereocenters. The normalized spacial score (nSPS) is 11.6. The van der Waals surface area contributed by atoms with Crippen LogP contribution >= 0.6 is 0 Å². The van der Waals surface area contributed by atoms with Gasteiger partial charge in [-0.3, -0.25) is 0 Å². The zero-order valence-electron chi connectivity index (χ0n) is 14.7. The number of rotatable bonds is 7. The van der Waals surface area contributed by atoms with Gasteiger partial charge in [0.1, 0.15) is 0 Å². The van der Waals surface area contributed by atoms with Crippen molar-refractivity contribution in [3.63, 3.8) is 0 Å². The van der Waals surface area contributed by atoms with Gasteiger partial charge in [0.2, 0.25) is 5.03 Å². The van der Waals surface area contributed by atoms with Crippen LogP contribution in [0.25, 0.3) is 11.3 Å². The number of hydrogen-bond acceptors (Lipinski definition) is 5. The third-order valence-corrected chi connectivity index (χ3v) is 5.14.